The number of carbonyl (C=O) groups is 1. The van der Waals surface area contributed by atoms with Crippen molar-refractivity contribution in [3.05, 3.63) is 17.6 Å². The van der Waals surface area contributed by atoms with Gasteiger partial charge in [-0.3, -0.25) is 9.69 Å². The van der Waals surface area contributed by atoms with Crippen molar-refractivity contribution in [2.75, 3.05) is 31.1 Å². The molecule has 1 N–H and O–H groups in total. The van der Waals surface area contributed by atoms with Crippen LogP contribution in [0.2, 0.25) is 0 Å². The molecule has 1 aliphatic carbocycles. The number of rotatable bonds is 5. The van der Waals surface area contributed by atoms with Crippen LogP contribution in [-0.4, -0.2) is 59.0 Å². The number of nitrogens with zero attached hydrogens (tertiary/aromatic N) is 4. The minimum Gasteiger partial charge on any atom is -0.354 e. The van der Waals surface area contributed by atoms with Crippen LogP contribution in [0.25, 0.3) is 0 Å². The second kappa shape index (κ2) is 9.21. The Bertz CT molecular complexity index is 669. The average molecular weight is 388 g/mol. The molecule has 3 rings (SSSR count). The van der Waals surface area contributed by atoms with E-state index in [4.69, 9.17) is 4.98 Å². The van der Waals surface area contributed by atoms with E-state index in [1.54, 1.807) is 0 Å². The first-order valence-corrected chi connectivity index (χ1v) is 11.0. The van der Waals surface area contributed by atoms with Crippen LogP contribution in [-0.2, 0) is 4.79 Å². The van der Waals surface area contributed by atoms with E-state index in [1.165, 1.54) is 19.3 Å². The summed E-state index contributed by atoms with van der Waals surface area (Å²) in [5, 5.41) is 3.32. The number of piperazine rings is 1. The van der Waals surface area contributed by atoms with Crippen molar-refractivity contribution in [3.8, 4) is 0 Å². The molecule has 2 heterocycles. The molecule has 3 atom stereocenters. The van der Waals surface area contributed by atoms with E-state index >= 15 is 0 Å². The fourth-order valence-electron chi connectivity index (χ4n) is 4.33. The Morgan fingerprint density at radius 2 is 1.79 bits per heavy atom. The number of aromatic nitrogens is 2. The van der Waals surface area contributed by atoms with Crippen LogP contribution in [0.3, 0.4) is 0 Å². The second-order valence-electron chi connectivity index (χ2n) is 8.96. The smallest absolute Gasteiger partial charge is 0.237 e. The van der Waals surface area contributed by atoms with Crippen LogP contribution in [0.15, 0.2) is 6.07 Å². The Morgan fingerprint density at radius 3 is 2.43 bits per heavy atom. The molecule has 0 aromatic carbocycles. The van der Waals surface area contributed by atoms with Crippen LogP contribution in [0.1, 0.15) is 70.8 Å². The van der Waals surface area contributed by atoms with E-state index in [-0.39, 0.29) is 11.9 Å². The monoisotopic (exact) mass is 387 g/mol. The summed E-state index contributed by atoms with van der Waals surface area (Å²) >= 11 is 0. The molecule has 0 bridgehead atoms. The summed E-state index contributed by atoms with van der Waals surface area (Å²) in [6.07, 6.45) is 4.89. The van der Waals surface area contributed by atoms with Gasteiger partial charge in [0.2, 0.25) is 5.91 Å². The number of carbonyl (C=O) groups excluding carboxylic acids is 1. The van der Waals surface area contributed by atoms with Gasteiger partial charge >= 0.3 is 0 Å². The molecule has 1 aromatic heterocycles. The molecule has 1 aromatic rings. The standard InChI is InChI=1S/C22H37N5O/c1-15(2)21-23-17(4)14-20(25-21)27-12-10-26(11-13-27)18(5)22(28)24-19-9-7-6-8-16(19)3/h14-16,18-19H,6-13H2,1-5H3,(H,24,28). The fourth-order valence-corrected chi connectivity index (χ4v) is 4.33. The number of amides is 1. The highest BCUT2D eigenvalue weighted by Gasteiger charge is 2.29. The number of hydrogen-bond acceptors (Lipinski definition) is 5. The molecule has 3 unspecified atom stereocenters. The molecule has 6 nitrogen and oxygen atoms in total. The third-order valence-corrected chi connectivity index (χ3v) is 6.38. The lowest BCUT2D eigenvalue weighted by atomic mass is 9.86. The van der Waals surface area contributed by atoms with Gasteiger partial charge in [-0.15, -0.1) is 0 Å². The van der Waals surface area contributed by atoms with E-state index in [2.05, 4.69) is 46.9 Å². The maximum Gasteiger partial charge on any atom is 0.237 e. The van der Waals surface area contributed by atoms with Crippen molar-refractivity contribution in [1.82, 2.24) is 20.2 Å². The molecule has 0 spiro atoms. The zero-order valence-corrected chi connectivity index (χ0v) is 18.2. The van der Waals surface area contributed by atoms with E-state index in [0.29, 0.717) is 17.9 Å². The van der Waals surface area contributed by atoms with E-state index in [9.17, 15) is 4.79 Å². The molecule has 1 saturated heterocycles. The second-order valence-corrected chi connectivity index (χ2v) is 8.96. The van der Waals surface area contributed by atoms with Gasteiger partial charge in [-0.1, -0.05) is 33.6 Å². The molecule has 0 radical (unpaired) electrons. The Hall–Kier alpha value is -1.69. The topological polar surface area (TPSA) is 61.4 Å². The zero-order valence-electron chi connectivity index (χ0n) is 18.2. The Balaban J connectivity index is 1.55. The van der Waals surface area contributed by atoms with Gasteiger partial charge in [0.15, 0.2) is 0 Å². The Kier molecular flexibility index (Phi) is 6.91. The quantitative estimate of drug-likeness (QED) is 0.841. The van der Waals surface area contributed by atoms with Gasteiger partial charge < -0.3 is 10.2 Å². The molecule has 1 saturated carbocycles. The minimum atomic E-state index is -0.0744. The molecule has 2 fully saturated rings. The van der Waals surface area contributed by atoms with Crippen LogP contribution in [0, 0.1) is 12.8 Å². The first-order valence-electron chi connectivity index (χ1n) is 11.0. The van der Waals surface area contributed by atoms with Crippen molar-refractivity contribution in [3.63, 3.8) is 0 Å². The summed E-state index contributed by atoms with van der Waals surface area (Å²) in [7, 11) is 0. The summed E-state index contributed by atoms with van der Waals surface area (Å²) in [4.78, 5) is 26.7. The maximum atomic E-state index is 12.8. The van der Waals surface area contributed by atoms with Crippen molar-refractivity contribution < 1.29 is 4.79 Å². The van der Waals surface area contributed by atoms with Gasteiger partial charge in [-0.25, -0.2) is 9.97 Å². The zero-order chi connectivity index (χ0) is 20.3. The van der Waals surface area contributed by atoms with Crippen molar-refractivity contribution in [2.45, 2.75) is 78.3 Å². The Morgan fingerprint density at radius 1 is 1.11 bits per heavy atom. The van der Waals surface area contributed by atoms with Crippen molar-refractivity contribution in [2.24, 2.45) is 5.92 Å². The molecule has 1 aliphatic heterocycles. The van der Waals surface area contributed by atoms with Crippen LogP contribution in [0.5, 0.6) is 0 Å². The first-order chi connectivity index (χ1) is 13.3. The van der Waals surface area contributed by atoms with Gasteiger partial charge in [0.1, 0.15) is 11.6 Å². The highest BCUT2D eigenvalue weighted by atomic mass is 16.2. The minimum absolute atomic E-state index is 0.0744. The predicted molar refractivity (Wildman–Crippen MR) is 114 cm³/mol. The highest BCUT2D eigenvalue weighted by Crippen LogP contribution is 2.24. The van der Waals surface area contributed by atoms with Gasteiger partial charge in [-0.05, 0) is 32.6 Å². The number of aryl methyl sites for hydroxylation is 1. The van der Waals surface area contributed by atoms with Crippen molar-refractivity contribution in [1.29, 1.82) is 0 Å². The predicted octanol–water partition coefficient (Wildman–Crippen LogP) is 3.11. The fraction of sp³-hybridized carbons (Fsp3) is 0.773. The van der Waals surface area contributed by atoms with Crippen molar-refractivity contribution >= 4 is 11.7 Å². The van der Waals surface area contributed by atoms with Gasteiger partial charge in [0.05, 0.1) is 6.04 Å². The highest BCUT2D eigenvalue weighted by molar-refractivity contribution is 5.81. The van der Waals surface area contributed by atoms with E-state index < -0.39 is 0 Å². The molecule has 156 valence electrons. The normalized spacial score (nSPS) is 25.0. The molecule has 6 heteroatoms. The summed E-state index contributed by atoms with van der Waals surface area (Å²) in [6, 6.07) is 2.35. The van der Waals surface area contributed by atoms with Gasteiger partial charge in [0.25, 0.3) is 0 Å². The molecule has 2 aliphatic rings. The van der Waals surface area contributed by atoms with Crippen LogP contribution in [0.4, 0.5) is 5.82 Å². The summed E-state index contributed by atoms with van der Waals surface area (Å²) in [6.45, 7) is 14.2. The van der Waals surface area contributed by atoms with E-state index in [0.717, 1.165) is 49.9 Å². The first kappa shape index (κ1) is 21.0. The SMILES string of the molecule is Cc1cc(N2CCN(C(C)C(=O)NC3CCCCC3C)CC2)nc(C(C)C)n1. The molecular formula is C22H37N5O. The lowest BCUT2D eigenvalue weighted by Gasteiger charge is -2.39. The summed E-state index contributed by atoms with van der Waals surface area (Å²) in [5.74, 6) is 3.03. The lowest BCUT2D eigenvalue weighted by Crippen LogP contribution is -2.56. The lowest BCUT2D eigenvalue weighted by molar-refractivity contribution is -0.127. The van der Waals surface area contributed by atoms with Crippen LogP contribution >= 0.6 is 0 Å². The summed E-state index contributed by atoms with van der Waals surface area (Å²) < 4.78 is 0. The van der Waals surface area contributed by atoms with Crippen LogP contribution < -0.4 is 10.2 Å². The molecule has 28 heavy (non-hydrogen) atoms. The number of anilines is 1. The average Bonchev–Trinajstić information content (AvgIpc) is 2.68. The van der Waals surface area contributed by atoms with E-state index in [1.807, 2.05) is 13.8 Å². The van der Waals surface area contributed by atoms with Gasteiger partial charge in [0, 0.05) is 49.9 Å². The summed E-state index contributed by atoms with van der Waals surface area (Å²) in [5.41, 5.74) is 1.02. The number of nitrogens with one attached hydrogen (secondary N) is 1. The largest absolute Gasteiger partial charge is 0.354 e. The van der Waals surface area contributed by atoms with Gasteiger partial charge in [-0.2, -0.15) is 0 Å². The molecular weight excluding hydrogens is 350 g/mol. The molecule has 1 amide bonds. The number of hydrogen-bond donors (Lipinski definition) is 1. The third-order valence-electron chi connectivity index (χ3n) is 6.38. The third kappa shape index (κ3) is 5.02. The Labute approximate surface area is 170 Å². The maximum absolute atomic E-state index is 12.8.